The quantitative estimate of drug-likeness (QED) is 0.563. The monoisotopic (exact) mass is 368 g/mol. The van der Waals surface area contributed by atoms with Crippen LogP contribution >= 0.6 is 23.2 Å². The van der Waals surface area contributed by atoms with Gasteiger partial charge in [0.1, 0.15) is 12.4 Å². The number of hydrogen-bond acceptors (Lipinski definition) is 4. The van der Waals surface area contributed by atoms with Gasteiger partial charge in [0, 0.05) is 31.7 Å². The van der Waals surface area contributed by atoms with Crippen molar-refractivity contribution in [1.82, 2.24) is 10.6 Å². The maximum atomic E-state index is 8.71. The van der Waals surface area contributed by atoms with E-state index in [0.717, 1.165) is 36.5 Å². The lowest BCUT2D eigenvalue weighted by molar-refractivity contribution is 0.292. The first-order valence-electron chi connectivity index (χ1n) is 7.87. The van der Waals surface area contributed by atoms with Gasteiger partial charge in [-0.05, 0) is 23.8 Å². The van der Waals surface area contributed by atoms with Crippen molar-refractivity contribution in [3.05, 3.63) is 63.6 Å². The van der Waals surface area contributed by atoms with E-state index in [0.29, 0.717) is 23.2 Å². The third-order valence-corrected chi connectivity index (χ3v) is 4.17. The third kappa shape index (κ3) is 6.30. The van der Waals surface area contributed by atoms with E-state index in [1.165, 1.54) is 0 Å². The maximum Gasteiger partial charge on any atom is 0.124 e. The van der Waals surface area contributed by atoms with E-state index >= 15 is 0 Å². The van der Waals surface area contributed by atoms with E-state index in [9.17, 15) is 0 Å². The van der Waals surface area contributed by atoms with E-state index < -0.39 is 0 Å². The van der Waals surface area contributed by atoms with E-state index in [1.807, 2.05) is 36.4 Å². The van der Waals surface area contributed by atoms with Crippen molar-refractivity contribution in [3.8, 4) is 5.75 Å². The van der Waals surface area contributed by atoms with E-state index in [1.54, 1.807) is 6.07 Å². The fourth-order valence-corrected chi connectivity index (χ4v) is 2.51. The number of aliphatic hydroxyl groups excluding tert-OH is 1. The molecule has 2 aromatic rings. The van der Waals surface area contributed by atoms with Gasteiger partial charge in [0.25, 0.3) is 0 Å². The van der Waals surface area contributed by atoms with Crippen molar-refractivity contribution in [3.63, 3.8) is 0 Å². The van der Waals surface area contributed by atoms with Crippen molar-refractivity contribution in [2.45, 2.75) is 13.2 Å². The number of benzene rings is 2. The topological polar surface area (TPSA) is 53.5 Å². The zero-order valence-corrected chi connectivity index (χ0v) is 14.9. The normalized spacial score (nSPS) is 10.8. The van der Waals surface area contributed by atoms with Crippen LogP contribution in [0.5, 0.6) is 5.75 Å². The Morgan fingerprint density at radius 2 is 1.71 bits per heavy atom. The third-order valence-electron chi connectivity index (χ3n) is 3.43. The zero-order chi connectivity index (χ0) is 17.2. The van der Waals surface area contributed by atoms with Gasteiger partial charge in [0.05, 0.1) is 16.7 Å². The standard InChI is InChI=1S/C18H22Cl2N2O2/c19-16-6-5-14(11-17(16)20)13-24-18-4-2-1-3-15(18)12-22-8-7-21-9-10-23/h1-6,11,21-23H,7-10,12-13H2. The molecule has 0 radical (unpaired) electrons. The average Bonchev–Trinajstić information content (AvgIpc) is 2.60. The summed E-state index contributed by atoms with van der Waals surface area (Å²) in [5, 5.41) is 16.3. The summed E-state index contributed by atoms with van der Waals surface area (Å²) in [6.45, 7) is 3.56. The Morgan fingerprint density at radius 1 is 0.917 bits per heavy atom. The van der Waals surface area contributed by atoms with Crippen LogP contribution in [-0.2, 0) is 13.2 Å². The van der Waals surface area contributed by atoms with Gasteiger partial charge in [0.2, 0.25) is 0 Å². The number of nitrogens with one attached hydrogen (secondary N) is 2. The molecule has 0 aromatic heterocycles. The lowest BCUT2D eigenvalue weighted by Gasteiger charge is -2.13. The minimum atomic E-state index is 0.158. The van der Waals surface area contributed by atoms with Crippen molar-refractivity contribution >= 4 is 23.2 Å². The van der Waals surface area contributed by atoms with Crippen LogP contribution in [0.1, 0.15) is 11.1 Å². The molecule has 0 saturated heterocycles. The van der Waals surface area contributed by atoms with Gasteiger partial charge >= 0.3 is 0 Å². The Hall–Kier alpha value is -1.30. The van der Waals surface area contributed by atoms with Crippen LogP contribution in [0, 0.1) is 0 Å². The molecule has 0 atom stereocenters. The Bertz CT molecular complexity index is 638. The lowest BCUT2D eigenvalue weighted by Crippen LogP contribution is -2.28. The second-order valence-corrected chi connectivity index (χ2v) is 6.11. The first-order valence-corrected chi connectivity index (χ1v) is 8.63. The van der Waals surface area contributed by atoms with E-state index in [2.05, 4.69) is 10.6 Å². The Kier molecular flexibility index (Phi) is 8.36. The molecule has 0 spiro atoms. The predicted octanol–water partition coefficient (Wildman–Crippen LogP) is 3.24. The SMILES string of the molecule is OCCNCCNCc1ccccc1OCc1ccc(Cl)c(Cl)c1. The maximum absolute atomic E-state index is 8.71. The van der Waals surface area contributed by atoms with Gasteiger partial charge in [0.15, 0.2) is 0 Å². The van der Waals surface area contributed by atoms with Gasteiger partial charge in [-0.2, -0.15) is 0 Å². The molecule has 0 saturated carbocycles. The molecule has 4 nitrogen and oxygen atoms in total. The molecule has 0 aliphatic carbocycles. The van der Waals surface area contributed by atoms with Crippen molar-refractivity contribution < 1.29 is 9.84 Å². The molecule has 24 heavy (non-hydrogen) atoms. The summed E-state index contributed by atoms with van der Waals surface area (Å²) in [5.41, 5.74) is 2.07. The summed E-state index contributed by atoms with van der Waals surface area (Å²) in [5.74, 6) is 0.847. The molecule has 3 N–H and O–H groups in total. The predicted molar refractivity (Wildman–Crippen MR) is 98.9 cm³/mol. The summed E-state index contributed by atoms with van der Waals surface area (Å²) in [6, 6.07) is 13.4. The van der Waals surface area contributed by atoms with Gasteiger partial charge in [-0.3, -0.25) is 0 Å². The molecule has 0 unspecified atom stereocenters. The molecule has 2 rings (SSSR count). The van der Waals surface area contributed by atoms with Gasteiger partial charge in [-0.25, -0.2) is 0 Å². The van der Waals surface area contributed by atoms with Gasteiger partial charge in [-0.15, -0.1) is 0 Å². The lowest BCUT2D eigenvalue weighted by atomic mass is 10.2. The minimum absolute atomic E-state index is 0.158. The number of halogens is 2. The number of para-hydroxylation sites is 1. The van der Waals surface area contributed by atoms with E-state index in [4.69, 9.17) is 33.0 Å². The smallest absolute Gasteiger partial charge is 0.124 e. The summed E-state index contributed by atoms with van der Waals surface area (Å²) < 4.78 is 5.92. The second-order valence-electron chi connectivity index (χ2n) is 5.30. The fourth-order valence-electron chi connectivity index (χ4n) is 2.19. The largest absolute Gasteiger partial charge is 0.489 e. The fraction of sp³-hybridized carbons (Fsp3) is 0.333. The molecule has 0 bridgehead atoms. The van der Waals surface area contributed by atoms with Gasteiger partial charge < -0.3 is 20.5 Å². The Morgan fingerprint density at radius 3 is 2.50 bits per heavy atom. The average molecular weight is 369 g/mol. The molecule has 6 heteroatoms. The van der Waals surface area contributed by atoms with Crippen LogP contribution in [0.4, 0.5) is 0 Å². The molecule has 2 aromatic carbocycles. The minimum Gasteiger partial charge on any atom is -0.489 e. The van der Waals surface area contributed by atoms with Crippen LogP contribution in [-0.4, -0.2) is 31.3 Å². The van der Waals surface area contributed by atoms with Crippen molar-refractivity contribution in [1.29, 1.82) is 0 Å². The zero-order valence-electron chi connectivity index (χ0n) is 13.4. The van der Waals surface area contributed by atoms with E-state index in [-0.39, 0.29) is 6.61 Å². The highest BCUT2D eigenvalue weighted by atomic mass is 35.5. The Balaban J connectivity index is 1.85. The molecular weight excluding hydrogens is 347 g/mol. The van der Waals surface area contributed by atoms with Crippen LogP contribution in [0.25, 0.3) is 0 Å². The molecule has 0 amide bonds. The Labute approximate surface area is 152 Å². The first-order chi connectivity index (χ1) is 11.7. The number of rotatable bonds is 10. The van der Waals surface area contributed by atoms with Crippen LogP contribution in [0.2, 0.25) is 10.0 Å². The molecule has 130 valence electrons. The van der Waals surface area contributed by atoms with Crippen LogP contribution in [0.15, 0.2) is 42.5 Å². The second kappa shape index (κ2) is 10.5. The number of aliphatic hydroxyl groups is 1. The van der Waals surface area contributed by atoms with Crippen LogP contribution < -0.4 is 15.4 Å². The summed E-state index contributed by atoms with van der Waals surface area (Å²) in [7, 11) is 0. The molecule has 0 aliphatic heterocycles. The molecule has 0 aliphatic rings. The highest BCUT2D eigenvalue weighted by Crippen LogP contribution is 2.24. The van der Waals surface area contributed by atoms with Gasteiger partial charge in [-0.1, -0.05) is 47.5 Å². The summed E-state index contributed by atoms with van der Waals surface area (Å²) in [4.78, 5) is 0. The summed E-state index contributed by atoms with van der Waals surface area (Å²) in [6.07, 6.45) is 0. The molecule has 0 heterocycles. The van der Waals surface area contributed by atoms with Crippen LogP contribution in [0.3, 0.4) is 0 Å². The summed E-state index contributed by atoms with van der Waals surface area (Å²) >= 11 is 12.0. The highest BCUT2D eigenvalue weighted by Gasteiger charge is 2.05. The van der Waals surface area contributed by atoms with Crippen molar-refractivity contribution in [2.24, 2.45) is 0 Å². The first kappa shape index (κ1) is 19.0. The molecule has 0 fully saturated rings. The highest BCUT2D eigenvalue weighted by molar-refractivity contribution is 6.42. The number of ether oxygens (including phenoxy) is 1. The number of hydrogen-bond donors (Lipinski definition) is 3. The van der Waals surface area contributed by atoms with Crippen molar-refractivity contribution in [2.75, 3.05) is 26.2 Å². The molecular formula is C18H22Cl2N2O2.